The molecule has 1 aromatic heterocycles. The molecule has 1 aromatic carbocycles. The van der Waals surface area contributed by atoms with Crippen molar-refractivity contribution in [2.45, 2.75) is 19.8 Å². The second-order valence-electron chi connectivity index (χ2n) is 5.05. The third-order valence-corrected chi connectivity index (χ3v) is 3.23. The fraction of sp³-hybridized carbons (Fsp3) is 0.438. The molecule has 0 atom stereocenters. The summed E-state index contributed by atoms with van der Waals surface area (Å²) in [5.41, 5.74) is 7.86. The molecule has 0 saturated heterocycles. The average Bonchev–Trinajstić information content (AvgIpc) is 2.44. The lowest BCUT2D eigenvalue weighted by Gasteiger charge is -2.17. The zero-order chi connectivity index (χ0) is 14.5. The van der Waals surface area contributed by atoms with Gasteiger partial charge in [-0.2, -0.15) is 0 Å². The number of ether oxygens (including phenoxy) is 1. The van der Waals surface area contributed by atoms with E-state index in [1.165, 1.54) is 5.56 Å². The molecule has 0 fully saturated rings. The first-order chi connectivity index (χ1) is 9.65. The monoisotopic (exact) mass is 273 g/mol. The molecule has 1 heterocycles. The quantitative estimate of drug-likeness (QED) is 0.879. The van der Waals surface area contributed by atoms with Gasteiger partial charge in [0.15, 0.2) is 0 Å². The fourth-order valence-corrected chi connectivity index (χ4v) is 2.31. The van der Waals surface area contributed by atoms with Crippen molar-refractivity contribution >= 4 is 16.7 Å². The lowest BCUT2D eigenvalue weighted by atomic mass is 10.1. The van der Waals surface area contributed by atoms with Gasteiger partial charge in [0.2, 0.25) is 0 Å². The summed E-state index contributed by atoms with van der Waals surface area (Å²) >= 11 is 0. The number of fused-ring (bicyclic) bond motifs is 1. The summed E-state index contributed by atoms with van der Waals surface area (Å²) in [6.45, 7) is 3.36. The maximum atomic E-state index is 5.62. The normalized spacial score (nSPS) is 10.8. The van der Waals surface area contributed by atoms with Crippen LogP contribution in [0.5, 0.6) is 5.75 Å². The summed E-state index contributed by atoms with van der Waals surface area (Å²) in [6, 6.07) is 8.24. The lowest BCUT2D eigenvalue weighted by Crippen LogP contribution is -2.14. The van der Waals surface area contributed by atoms with Gasteiger partial charge in [0.25, 0.3) is 0 Å². The van der Waals surface area contributed by atoms with Crippen LogP contribution in [0.4, 0.5) is 5.82 Å². The van der Waals surface area contributed by atoms with Crippen LogP contribution in [0.1, 0.15) is 18.9 Å². The van der Waals surface area contributed by atoms with Gasteiger partial charge in [0.05, 0.1) is 12.1 Å². The zero-order valence-corrected chi connectivity index (χ0v) is 12.5. The Bertz CT molecular complexity index is 581. The van der Waals surface area contributed by atoms with E-state index in [1.54, 1.807) is 0 Å². The molecule has 0 saturated carbocycles. The van der Waals surface area contributed by atoms with E-state index in [-0.39, 0.29) is 0 Å². The van der Waals surface area contributed by atoms with Gasteiger partial charge < -0.3 is 15.4 Å². The first-order valence-electron chi connectivity index (χ1n) is 7.09. The summed E-state index contributed by atoms with van der Waals surface area (Å²) < 4.78 is 5.55. The predicted octanol–water partition coefficient (Wildman–Crippen LogP) is 2.59. The van der Waals surface area contributed by atoms with Crippen LogP contribution in [0, 0.1) is 0 Å². The molecule has 0 aliphatic carbocycles. The van der Waals surface area contributed by atoms with Crippen molar-refractivity contribution < 1.29 is 4.74 Å². The number of anilines is 1. The van der Waals surface area contributed by atoms with Crippen LogP contribution in [0.25, 0.3) is 10.9 Å². The van der Waals surface area contributed by atoms with Gasteiger partial charge in [0.1, 0.15) is 11.6 Å². The SMILES string of the molecule is CCOc1ccc2nc(N(C)C)c(CCCN)cc2c1. The van der Waals surface area contributed by atoms with E-state index < -0.39 is 0 Å². The van der Waals surface area contributed by atoms with Gasteiger partial charge in [-0.3, -0.25) is 0 Å². The second kappa shape index (κ2) is 6.57. The van der Waals surface area contributed by atoms with Gasteiger partial charge in [-0.1, -0.05) is 0 Å². The van der Waals surface area contributed by atoms with Crippen molar-refractivity contribution in [3.8, 4) is 5.75 Å². The highest BCUT2D eigenvalue weighted by atomic mass is 16.5. The Morgan fingerprint density at radius 2 is 2.05 bits per heavy atom. The number of pyridine rings is 1. The van der Waals surface area contributed by atoms with Crippen LogP contribution in [-0.4, -0.2) is 32.2 Å². The number of hydrogen-bond acceptors (Lipinski definition) is 4. The molecule has 0 unspecified atom stereocenters. The molecule has 20 heavy (non-hydrogen) atoms. The van der Waals surface area contributed by atoms with E-state index >= 15 is 0 Å². The minimum Gasteiger partial charge on any atom is -0.494 e. The van der Waals surface area contributed by atoms with Crippen molar-refractivity contribution in [2.24, 2.45) is 5.73 Å². The van der Waals surface area contributed by atoms with Gasteiger partial charge in [-0.05, 0) is 56.1 Å². The molecule has 4 heteroatoms. The molecule has 2 rings (SSSR count). The lowest BCUT2D eigenvalue weighted by molar-refractivity contribution is 0.340. The number of nitrogens with two attached hydrogens (primary N) is 1. The van der Waals surface area contributed by atoms with E-state index in [0.29, 0.717) is 13.2 Å². The van der Waals surface area contributed by atoms with Crippen LogP contribution < -0.4 is 15.4 Å². The number of aromatic nitrogens is 1. The first-order valence-corrected chi connectivity index (χ1v) is 7.09. The molecule has 2 aromatic rings. The number of benzene rings is 1. The van der Waals surface area contributed by atoms with Crippen molar-refractivity contribution in [3.05, 3.63) is 29.8 Å². The number of hydrogen-bond donors (Lipinski definition) is 1. The van der Waals surface area contributed by atoms with E-state index in [1.807, 2.05) is 33.2 Å². The van der Waals surface area contributed by atoms with Gasteiger partial charge >= 0.3 is 0 Å². The van der Waals surface area contributed by atoms with E-state index in [9.17, 15) is 0 Å². The number of aryl methyl sites for hydroxylation is 1. The van der Waals surface area contributed by atoms with Crippen LogP contribution in [0.3, 0.4) is 0 Å². The van der Waals surface area contributed by atoms with Crippen LogP contribution in [-0.2, 0) is 6.42 Å². The molecular weight excluding hydrogens is 250 g/mol. The standard InChI is InChI=1S/C16H23N3O/c1-4-20-14-7-8-15-13(11-14)10-12(6-5-9-17)16(18-15)19(2)3/h7-8,10-11H,4-6,9,17H2,1-3H3. The highest BCUT2D eigenvalue weighted by Gasteiger charge is 2.09. The maximum absolute atomic E-state index is 5.62. The molecule has 0 amide bonds. The minimum atomic E-state index is 0.675. The molecule has 0 spiro atoms. The largest absolute Gasteiger partial charge is 0.494 e. The van der Waals surface area contributed by atoms with Crippen molar-refractivity contribution in [1.82, 2.24) is 4.98 Å². The Hall–Kier alpha value is -1.81. The fourth-order valence-electron chi connectivity index (χ4n) is 2.31. The van der Waals surface area contributed by atoms with Crippen molar-refractivity contribution in [1.29, 1.82) is 0 Å². The summed E-state index contributed by atoms with van der Waals surface area (Å²) in [4.78, 5) is 6.82. The van der Waals surface area contributed by atoms with Crippen LogP contribution in [0.15, 0.2) is 24.3 Å². The van der Waals surface area contributed by atoms with Crippen LogP contribution in [0.2, 0.25) is 0 Å². The minimum absolute atomic E-state index is 0.675. The Morgan fingerprint density at radius 1 is 1.25 bits per heavy atom. The molecule has 108 valence electrons. The Labute approximate surface area is 120 Å². The van der Waals surface area contributed by atoms with Gasteiger partial charge in [-0.15, -0.1) is 0 Å². The molecule has 0 aliphatic rings. The first kappa shape index (κ1) is 14.6. The van der Waals surface area contributed by atoms with Crippen LogP contribution >= 0.6 is 0 Å². The van der Waals surface area contributed by atoms with Crippen molar-refractivity contribution in [2.75, 3.05) is 32.1 Å². The van der Waals surface area contributed by atoms with Crippen molar-refractivity contribution in [3.63, 3.8) is 0 Å². The third-order valence-electron chi connectivity index (χ3n) is 3.23. The van der Waals surface area contributed by atoms with E-state index in [0.717, 1.165) is 35.3 Å². The molecule has 0 bridgehead atoms. The Kier molecular flexibility index (Phi) is 4.79. The highest BCUT2D eigenvalue weighted by Crippen LogP contribution is 2.26. The summed E-state index contributed by atoms with van der Waals surface area (Å²) in [5.74, 6) is 1.92. The smallest absolute Gasteiger partial charge is 0.131 e. The Morgan fingerprint density at radius 3 is 2.70 bits per heavy atom. The van der Waals surface area contributed by atoms with E-state index in [4.69, 9.17) is 15.5 Å². The summed E-state index contributed by atoms with van der Waals surface area (Å²) in [7, 11) is 4.04. The van der Waals surface area contributed by atoms with E-state index in [2.05, 4.69) is 17.0 Å². The average molecular weight is 273 g/mol. The molecule has 0 aliphatic heterocycles. The summed E-state index contributed by atoms with van der Waals surface area (Å²) in [6.07, 6.45) is 1.92. The number of rotatable bonds is 6. The summed E-state index contributed by atoms with van der Waals surface area (Å²) in [5, 5.41) is 1.12. The highest BCUT2D eigenvalue weighted by molar-refractivity contribution is 5.83. The Balaban J connectivity index is 2.47. The molecule has 4 nitrogen and oxygen atoms in total. The topological polar surface area (TPSA) is 51.4 Å². The third kappa shape index (κ3) is 3.20. The predicted molar refractivity (Wildman–Crippen MR) is 84.6 cm³/mol. The second-order valence-corrected chi connectivity index (χ2v) is 5.05. The molecule has 0 radical (unpaired) electrons. The molecular formula is C16H23N3O. The van der Waals surface area contributed by atoms with Gasteiger partial charge in [0, 0.05) is 19.5 Å². The number of nitrogens with zero attached hydrogens (tertiary/aromatic N) is 2. The molecule has 2 N–H and O–H groups in total. The zero-order valence-electron chi connectivity index (χ0n) is 12.5. The van der Waals surface area contributed by atoms with Gasteiger partial charge in [-0.25, -0.2) is 4.98 Å². The maximum Gasteiger partial charge on any atom is 0.131 e.